The molecule has 19 heavy (non-hydrogen) atoms. The first-order chi connectivity index (χ1) is 8.88. The van der Waals surface area contributed by atoms with Crippen molar-refractivity contribution in [2.45, 2.75) is 6.18 Å². The summed E-state index contributed by atoms with van der Waals surface area (Å²) in [6.07, 6.45) is -4.47. The summed E-state index contributed by atoms with van der Waals surface area (Å²) in [6, 6.07) is 8.48. The normalized spacial score (nSPS) is 11.4. The van der Waals surface area contributed by atoms with Crippen molar-refractivity contribution in [2.75, 3.05) is 0 Å². The van der Waals surface area contributed by atoms with E-state index in [1.807, 2.05) is 0 Å². The van der Waals surface area contributed by atoms with Gasteiger partial charge in [-0.1, -0.05) is 23.7 Å². The topological polar surface area (TPSA) is 29.1 Å². The molecule has 0 saturated carbocycles. The highest BCUT2D eigenvalue weighted by Gasteiger charge is 2.31. The maximum Gasteiger partial charge on any atom is 0.416 e. The van der Waals surface area contributed by atoms with Crippen LogP contribution in [0.15, 0.2) is 42.5 Å². The van der Waals surface area contributed by atoms with Gasteiger partial charge in [-0.2, -0.15) is 13.2 Å². The lowest BCUT2D eigenvalue weighted by Gasteiger charge is -2.11. The minimum atomic E-state index is -4.47. The first kappa shape index (κ1) is 13.5. The average molecular weight is 288 g/mol. The minimum Gasteiger partial charge on any atom is -0.452 e. The summed E-state index contributed by atoms with van der Waals surface area (Å²) in [4.78, 5) is 0. The first-order valence-corrected chi connectivity index (χ1v) is 5.56. The van der Waals surface area contributed by atoms with Gasteiger partial charge in [-0.3, -0.25) is 5.11 Å². The Balaban J connectivity index is 2.30. The van der Waals surface area contributed by atoms with Gasteiger partial charge in [-0.05, 0) is 30.3 Å². The summed E-state index contributed by atoms with van der Waals surface area (Å²) in [7, 11) is 0. The van der Waals surface area contributed by atoms with E-state index in [1.165, 1.54) is 18.2 Å². The Bertz CT molecular complexity index is 597. The fourth-order valence-electron chi connectivity index (χ4n) is 1.41. The Hall–Kier alpha value is -1.88. The van der Waals surface area contributed by atoms with E-state index in [4.69, 9.17) is 16.3 Å². The number of ether oxygens (including phenoxy) is 1. The van der Waals surface area contributed by atoms with Crippen molar-refractivity contribution in [1.29, 1.82) is 0 Å². The predicted octanol–water partition coefficient (Wildman–Crippen LogP) is 5.29. The van der Waals surface area contributed by atoms with E-state index in [1.54, 1.807) is 6.07 Å². The average Bonchev–Trinajstić information content (AvgIpc) is 2.33. The zero-order valence-corrected chi connectivity index (χ0v) is 10.1. The summed E-state index contributed by atoms with van der Waals surface area (Å²) in [6.45, 7) is 0. The zero-order chi connectivity index (χ0) is 14.0. The molecule has 0 heterocycles. The van der Waals surface area contributed by atoms with Crippen molar-refractivity contribution in [2.24, 2.45) is 0 Å². The molecule has 6 heteroatoms. The molecule has 0 bridgehead atoms. The van der Waals surface area contributed by atoms with Crippen molar-refractivity contribution < 1.29 is 23.0 Å². The second-order valence-electron chi connectivity index (χ2n) is 3.69. The molecule has 1 radical (unpaired) electrons. The molecule has 0 amide bonds. The Morgan fingerprint density at radius 3 is 2.26 bits per heavy atom. The van der Waals surface area contributed by atoms with Crippen molar-refractivity contribution in [3.63, 3.8) is 0 Å². The van der Waals surface area contributed by atoms with Gasteiger partial charge in [0.2, 0.25) is 5.75 Å². The molecule has 0 aromatic heterocycles. The van der Waals surface area contributed by atoms with Crippen LogP contribution in [0.3, 0.4) is 0 Å². The molecule has 0 aliphatic carbocycles. The van der Waals surface area contributed by atoms with Gasteiger partial charge in [0.05, 0.1) is 10.6 Å². The third-order valence-electron chi connectivity index (χ3n) is 2.33. The number of hydrogen-bond donors (Lipinski definition) is 0. The van der Waals surface area contributed by atoms with E-state index in [0.717, 1.165) is 18.2 Å². The molecule has 2 aromatic carbocycles. The number of rotatable bonds is 2. The van der Waals surface area contributed by atoms with Crippen LogP contribution in [0.4, 0.5) is 13.2 Å². The number of para-hydroxylation sites is 2. The second-order valence-corrected chi connectivity index (χ2v) is 4.10. The Labute approximate surface area is 112 Å². The van der Waals surface area contributed by atoms with Gasteiger partial charge < -0.3 is 4.74 Å². The molecule has 0 spiro atoms. The van der Waals surface area contributed by atoms with Gasteiger partial charge in [-0.25, -0.2) is 0 Å². The van der Waals surface area contributed by atoms with E-state index in [2.05, 4.69) is 0 Å². The predicted molar refractivity (Wildman–Crippen MR) is 63.1 cm³/mol. The fourth-order valence-corrected chi connectivity index (χ4v) is 1.63. The van der Waals surface area contributed by atoms with Gasteiger partial charge >= 0.3 is 6.18 Å². The van der Waals surface area contributed by atoms with Gasteiger partial charge in [0, 0.05) is 0 Å². The van der Waals surface area contributed by atoms with Gasteiger partial charge in [0.15, 0.2) is 5.75 Å². The maximum atomic E-state index is 12.4. The molecule has 0 N–H and O–H groups in total. The second kappa shape index (κ2) is 5.01. The van der Waals surface area contributed by atoms with Gasteiger partial charge in [0.1, 0.15) is 5.75 Å². The standard InChI is InChI=1S/C13H7ClF3O2/c14-9-7-8(13(15,16)17)5-6-11(9)19-12-4-2-1-3-10(12)18/h1-7H. The van der Waals surface area contributed by atoms with E-state index in [9.17, 15) is 18.3 Å². The van der Waals surface area contributed by atoms with Crippen LogP contribution in [0.25, 0.3) is 0 Å². The third kappa shape index (κ3) is 3.12. The van der Waals surface area contributed by atoms with E-state index >= 15 is 0 Å². The van der Waals surface area contributed by atoms with Crippen molar-refractivity contribution in [1.82, 2.24) is 0 Å². The SMILES string of the molecule is [O]c1ccccc1Oc1ccc(C(F)(F)F)cc1Cl. The molecule has 0 aliphatic heterocycles. The first-order valence-electron chi connectivity index (χ1n) is 5.18. The quantitative estimate of drug-likeness (QED) is 0.737. The van der Waals surface area contributed by atoms with Crippen LogP contribution < -0.4 is 4.74 Å². The molecular weight excluding hydrogens is 281 g/mol. The number of alkyl halides is 3. The molecule has 2 rings (SSSR count). The lowest BCUT2D eigenvalue weighted by atomic mass is 10.2. The minimum absolute atomic E-state index is 0.00188. The molecular formula is C13H7ClF3O2. The fraction of sp³-hybridized carbons (Fsp3) is 0.0769. The van der Waals surface area contributed by atoms with Crippen molar-refractivity contribution >= 4 is 11.6 Å². The smallest absolute Gasteiger partial charge is 0.416 e. The molecule has 2 nitrogen and oxygen atoms in total. The zero-order valence-electron chi connectivity index (χ0n) is 9.37. The number of halogens is 4. The summed E-state index contributed by atoms with van der Waals surface area (Å²) in [5, 5.41) is 11.2. The van der Waals surface area contributed by atoms with E-state index in [-0.39, 0.29) is 22.3 Å². The van der Waals surface area contributed by atoms with Crippen LogP contribution in [0.1, 0.15) is 5.56 Å². The molecule has 0 unspecified atom stereocenters. The van der Waals surface area contributed by atoms with Gasteiger partial charge in [0.25, 0.3) is 0 Å². The van der Waals surface area contributed by atoms with Crippen molar-refractivity contribution in [3.8, 4) is 17.2 Å². The molecule has 0 aliphatic rings. The summed E-state index contributed by atoms with van der Waals surface area (Å²) < 4.78 is 42.5. The highest BCUT2D eigenvalue weighted by atomic mass is 35.5. The van der Waals surface area contributed by atoms with Crippen LogP contribution in [0.2, 0.25) is 5.02 Å². The Morgan fingerprint density at radius 1 is 1.00 bits per heavy atom. The molecule has 0 fully saturated rings. The van der Waals surface area contributed by atoms with Crippen LogP contribution >= 0.6 is 11.6 Å². The molecule has 0 atom stereocenters. The van der Waals surface area contributed by atoms with Crippen LogP contribution in [-0.4, -0.2) is 0 Å². The molecule has 99 valence electrons. The lowest BCUT2D eigenvalue weighted by Crippen LogP contribution is -2.04. The summed E-state index contributed by atoms with van der Waals surface area (Å²) >= 11 is 5.71. The number of benzene rings is 2. The number of hydrogen-bond acceptors (Lipinski definition) is 1. The van der Waals surface area contributed by atoms with E-state index in [0.29, 0.717) is 0 Å². The molecule has 2 aromatic rings. The lowest BCUT2D eigenvalue weighted by molar-refractivity contribution is -0.137. The van der Waals surface area contributed by atoms with Crippen LogP contribution in [0.5, 0.6) is 17.2 Å². The molecule has 0 saturated heterocycles. The summed E-state index contributed by atoms with van der Waals surface area (Å²) in [5.74, 6) is -0.374. The monoisotopic (exact) mass is 287 g/mol. The maximum absolute atomic E-state index is 12.4. The summed E-state index contributed by atoms with van der Waals surface area (Å²) in [5.41, 5.74) is -0.875. The van der Waals surface area contributed by atoms with Gasteiger partial charge in [-0.15, -0.1) is 0 Å². The highest BCUT2D eigenvalue weighted by molar-refractivity contribution is 6.32. The highest BCUT2D eigenvalue weighted by Crippen LogP contribution is 2.38. The van der Waals surface area contributed by atoms with E-state index < -0.39 is 11.7 Å². The Morgan fingerprint density at radius 2 is 1.68 bits per heavy atom. The largest absolute Gasteiger partial charge is 0.452 e. The van der Waals surface area contributed by atoms with Crippen LogP contribution in [-0.2, 0) is 11.3 Å². The third-order valence-corrected chi connectivity index (χ3v) is 2.62. The van der Waals surface area contributed by atoms with Crippen LogP contribution in [0, 0.1) is 0 Å². The van der Waals surface area contributed by atoms with Crippen molar-refractivity contribution in [3.05, 3.63) is 53.1 Å². The Kier molecular flexibility index (Phi) is 3.57.